The minimum Gasteiger partial charge on any atom is -0.481 e. The van der Waals surface area contributed by atoms with E-state index in [0.29, 0.717) is 6.04 Å². The number of fused-ring (bicyclic) bond motifs is 1. The van der Waals surface area contributed by atoms with Crippen LogP contribution in [0.15, 0.2) is 23.5 Å². The molecule has 0 atom stereocenters. The summed E-state index contributed by atoms with van der Waals surface area (Å²) in [5, 5.41) is 9.61. The summed E-state index contributed by atoms with van der Waals surface area (Å²) in [5.74, 6) is -0.779. The number of hydrogen-bond acceptors (Lipinski definition) is 4. The zero-order chi connectivity index (χ0) is 13.2. The van der Waals surface area contributed by atoms with E-state index in [2.05, 4.69) is 14.5 Å². The van der Waals surface area contributed by atoms with E-state index < -0.39 is 5.97 Å². The lowest BCUT2D eigenvalue weighted by Gasteiger charge is -2.14. The zero-order valence-electron chi connectivity index (χ0n) is 10.5. The summed E-state index contributed by atoms with van der Waals surface area (Å²) < 4.78 is 2.13. The molecule has 19 heavy (non-hydrogen) atoms. The number of imidazole rings is 1. The van der Waals surface area contributed by atoms with Crippen molar-refractivity contribution in [3.8, 4) is 0 Å². The Labute approximate surface area is 115 Å². The normalized spacial score (nSPS) is 16.2. The molecule has 0 saturated heterocycles. The van der Waals surface area contributed by atoms with Crippen LogP contribution < -0.4 is 0 Å². The summed E-state index contributed by atoms with van der Waals surface area (Å²) >= 11 is 1.28. The Bertz CT molecular complexity index is 605. The number of pyridine rings is 1. The molecule has 3 rings (SSSR count). The third kappa shape index (κ3) is 2.45. The number of aliphatic carboxylic acids is 1. The number of hydrogen-bond donors (Lipinski definition) is 1. The molecule has 0 unspecified atom stereocenters. The number of nitrogens with zero attached hydrogens (tertiary/aromatic N) is 3. The fourth-order valence-corrected chi connectivity index (χ4v) is 3.42. The molecular formula is C13H15N3O2S. The second-order valence-electron chi connectivity index (χ2n) is 4.73. The topological polar surface area (TPSA) is 68.0 Å². The molecule has 2 aromatic heterocycles. The first kappa shape index (κ1) is 12.5. The van der Waals surface area contributed by atoms with Crippen LogP contribution in [-0.4, -0.2) is 31.4 Å². The van der Waals surface area contributed by atoms with Crippen LogP contribution in [0.3, 0.4) is 0 Å². The number of carbonyl (C=O) groups is 1. The van der Waals surface area contributed by atoms with Gasteiger partial charge in [0.05, 0.1) is 5.75 Å². The quantitative estimate of drug-likeness (QED) is 0.870. The smallest absolute Gasteiger partial charge is 0.313 e. The van der Waals surface area contributed by atoms with Crippen LogP contribution in [0.2, 0.25) is 0 Å². The number of carboxylic acid groups (broad SMARTS) is 1. The van der Waals surface area contributed by atoms with Crippen LogP contribution in [0, 0.1) is 0 Å². The number of aromatic nitrogens is 3. The third-order valence-corrected chi connectivity index (χ3v) is 4.37. The van der Waals surface area contributed by atoms with Gasteiger partial charge in [0, 0.05) is 12.2 Å². The lowest BCUT2D eigenvalue weighted by Crippen LogP contribution is -2.08. The highest BCUT2D eigenvalue weighted by atomic mass is 32.2. The van der Waals surface area contributed by atoms with Crippen molar-refractivity contribution >= 4 is 28.9 Å². The van der Waals surface area contributed by atoms with E-state index in [1.807, 2.05) is 12.1 Å². The van der Waals surface area contributed by atoms with Gasteiger partial charge in [-0.1, -0.05) is 24.6 Å². The van der Waals surface area contributed by atoms with Crippen molar-refractivity contribution < 1.29 is 9.90 Å². The molecule has 0 aliphatic heterocycles. The first-order chi connectivity index (χ1) is 9.25. The molecule has 2 aromatic rings. The molecule has 1 N–H and O–H groups in total. The molecule has 0 amide bonds. The van der Waals surface area contributed by atoms with E-state index in [0.717, 1.165) is 29.2 Å². The molecule has 2 heterocycles. The molecule has 1 aliphatic carbocycles. The second kappa shape index (κ2) is 5.21. The van der Waals surface area contributed by atoms with Crippen LogP contribution in [0.5, 0.6) is 0 Å². The highest BCUT2D eigenvalue weighted by Crippen LogP contribution is 2.35. The Kier molecular flexibility index (Phi) is 3.42. The number of carboxylic acids is 1. The predicted molar refractivity (Wildman–Crippen MR) is 73.4 cm³/mol. The maximum Gasteiger partial charge on any atom is 0.313 e. The molecule has 0 aromatic carbocycles. The van der Waals surface area contributed by atoms with Crippen LogP contribution in [0.4, 0.5) is 0 Å². The molecule has 0 spiro atoms. The van der Waals surface area contributed by atoms with Crippen molar-refractivity contribution in [2.24, 2.45) is 0 Å². The van der Waals surface area contributed by atoms with E-state index in [1.165, 1.54) is 24.6 Å². The summed E-state index contributed by atoms with van der Waals surface area (Å²) in [5.41, 5.74) is 1.73. The summed E-state index contributed by atoms with van der Waals surface area (Å²) in [6.45, 7) is 0. The van der Waals surface area contributed by atoms with Gasteiger partial charge in [0.1, 0.15) is 5.52 Å². The first-order valence-corrected chi connectivity index (χ1v) is 7.42. The fraction of sp³-hybridized carbons (Fsp3) is 0.462. The Morgan fingerprint density at radius 1 is 1.47 bits per heavy atom. The van der Waals surface area contributed by atoms with Gasteiger partial charge in [-0.05, 0) is 25.0 Å². The van der Waals surface area contributed by atoms with E-state index in [9.17, 15) is 4.79 Å². The zero-order valence-corrected chi connectivity index (χ0v) is 11.3. The summed E-state index contributed by atoms with van der Waals surface area (Å²) in [7, 11) is 0. The van der Waals surface area contributed by atoms with E-state index in [-0.39, 0.29) is 5.75 Å². The van der Waals surface area contributed by atoms with Crippen LogP contribution in [-0.2, 0) is 4.79 Å². The van der Waals surface area contributed by atoms with Crippen LogP contribution in [0.1, 0.15) is 31.7 Å². The Morgan fingerprint density at radius 2 is 2.26 bits per heavy atom. The Balaban J connectivity index is 2.03. The van der Waals surface area contributed by atoms with Gasteiger partial charge in [0.15, 0.2) is 10.8 Å². The molecule has 0 bridgehead atoms. The Hall–Kier alpha value is -1.56. The number of rotatable bonds is 4. The summed E-state index contributed by atoms with van der Waals surface area (Å²) in [4.78, 5) is 19.7. The minimum atomic E-state index is -0.817. The highest BCUT2D eigenvalue weighted by molar-refractivity contribution is 7.99. The average Bonchev–Trinajstić information content (AvgIpc) is 3.02. The average molecular weight is 277 g/mol. The molecule has 5 nitrogen and oxygen atoms in total. The first-order valence-electron chi connectivity index (χ1n) is 6.43. The van der Waals surface area contributed by atoms with Gasteiger partial charge in [-0.3, -0.25) is 4.79 Å². The predicted octanol–water partition coefficient (Wildman–Crippen LogP) is 2.72. The monoisotopic (exact) mass is 277 g/mol. The van der Waals surface area contributed by atoms with Gasteiger partial charge >= 0.3 is 5.97 Å². The van der Waals surface area contributed by atoms with Crippen LogP contribution in [0.25, 0.3) is 11.2 Å². The van der Waals surface area contributed by atoms with Gasteiger partial charge in [-0.2, -0.15) is 0 Å². The largest absolute Gasteiger partial charge is 0.481 e. The summed E-state index contributed by atoms with van der Waals surface area (Å²) in [6.07, 6.45) is 6.47. The van der Waals surface area contributed by atoms with Crippen molar-refractivity contribution in [3.05, 3.63) is 18.3 Å². The Morgan fingerprint density at radius 3 is 3.00 bits per heavy atom. The third-order valence-electron chi connectivity index (χ3n) is 3.43. The van der Waals surface area contributed by atoms with Gasteiger partial charge in [-0.15, -0.1) is 0 Å². The van der Waals surface area contributed by atoms with Crippen molar-refractivity contribution in [3.63, 3.8) is 0 Å². The van der Waals surface area contributed by atoms with Gasteiger partial charge < -0.3 is 9.67 Å². The van der Waals surface area contributed by atoms with Crippen molar-refractivity contribution in [2.45, 2.75) is 36.9 Å². The van der Waals surface area contributed by atoms with E-state index in [1.54, 1.807) is 6.20 Å². The van der Waals surface area contributed by atoms with Gasteiger partial charge in [0.2, 0.25) is 0 Å². The fourth-order valence-electron chi connectivity index (χ4n) is 2.63. The van der Waals surface area contributed by atoms with Gasteiger partial charge in [-0.25, -0.2) is 9.97 Å². The maximum absolute atomic E-state index is 10.7. The highest BCUT2D eigenvalue weighted by Gasteiger charge is 2.23. The molecule has 1 fully saturated rings. The minimum absolute atomic E-state index is 0.0377. The molecule has 0 radical (unpaired) electrons. The van der Waals surface area contributed by atoms with E-state index >= 15 is 0 Å². The molecule has 1 aliphatic rings. The molecular weight excluding hydrogens is 262 g/mol. The second-order valence-corrected chi connectivity index (χ2v) is 5.67. The summed E-state index contributed by atoms with van der Waals surface area (Å²) in [6, 6.07) is 4.20. The standard InChI is InChI=1S/C13H15N3O2S/c17-11(18)8-19-13-15-10-6-3-7-14-12(10)16(13)9-4-1-2-5-9/h3,6-7,9H,1-2,4-5,8H2,(H,17,18). The van der Waals surface area contributed by atoms with Crippen LogP contribution >= 0.6 is 11.8 Å². The molecule has 100 valence electrons. The lowest BCUT2D eigenvalue weighted by atomic mass is 10.2. The van der Waals surface area contributed by atoms with Crippen molar-refractivity contribution in [1.82, 2.24) is 14.5 Å². The van der Waals surface area contributed by atoms with Gasteiger partial charge in [0.25, 0.3) is 0 Å². The molecule has 1 saturated carbocycles. The SMILES string of the molecule is O=C(O)CSc1nc2cccnc2n1C1CCCC1. The molecule has 6 heteroatoms. The van der Waals surface area contributed by atoms with Crippen molar-refractivity contribution in [2.75, 3.05) is 5.75 Å². The van der Waals surface area contributed by atoms with E-state index in [4.69, 9.17) is 5.11 Å². The lowest BCUT2D eigenvalue weighted by molar-refractivity contribution is -0.133. The maximum atomic E-state index is 10.7. The van der Waals surface area contributed by atoms with Crippen molar-refractivity contribution in [1.29, 1.82) is 0 Å². The number of thioether (sulfide) groups is 1.